The summed E-state index contributed by atoms with van der Waals surface area (Å²) in [5.74, 6) is 0.715. The van der Waals surface area contributed by atoms with Crippen molar-refractivity contribution in [1.82, 2.24) is 4.57 Å². The van der Waals surface area contributed by atoms with Crippen molar-refractivity contribution in [2.75, 3.05) is 7.11 Å². The molecule has 0 aliphatic heterocycles. The summed E-state index contributed by atoms with van der Waals surface area (Å²) in [5.41, 5.74) is 0.274. The molecule has 0 bridgehead atoms. The molecule has 0 unspecified atom stereocenters. The zero-order valence-corrected chi connectivity index (χ0v) is 13.5. The SMILES string of the molecule is COc1ccc2c(I)cn(C(=O)OC(C)(C)C)c2c1. The smallest absolute Gasteiger partial charge is 0.419 e. The summed E-state index contributed by atoms with van der Waals surface area (Å²) in [7, 11) is 1.60. The molecule has 1 heterocycles. The minimum atomic E-state index is -0.516. The van der Waals surface area contributed by atoms with Crippen LogP contribution in [-0.4, -0.2) is 23.4 Å². The van der Waals surface area contributed by atoms with Crippen LogP contribution in [0.2, 0.25) is 0 Å². The van der Waals surface area contributed by atoms with E-state index in [9.17, 15) is 4.79 Å². The van der Waals surface area contributed by atoms with E-state index in [1.807, 2.05) is 39.0 Å². The van der Waals surface area contributed by atoms with Gasteiger partial charge in [-0.3, -0.25) is 4.57 Å². The lowest BCUT2D eigenvalue weighted by molar-refractivity contribution is 0.0544. The minimum Gasteiger partial charge on any atom is -0.497 e. The van der Waals surface area contributed by atoms with Crippen LogP contribution in [0.3, 0.4) is 0 Å². The van der Waals surface area contributed by atoms with Crippen molar-refractivity contribution < 1.29 is 14.3 Å². The summed E-state index contributed by atoms with van der Waals surface area (Å²) in [5, 5.41) is 1.01. The van der Waals surface area contributed by atoms with Gasteiger partial charge in [-0.2, -0.15) is 0 Å². The predicted octanol–water partition coefficient (Wildman–Crippen LogP) is 4.04. The van der Waals surface area contributed by atoms with Crippen molar-refractivity contribution >= 4 is 39.6 Å². The molecule has 0 saturated heterocycles. The zero-order chi connectivity index (χ0) is 14.2. The third kappa shape index (κ3) is 3.02. The van der Waals surface area contributed by atoms with Gasteiger partial charge < -0.3 is 9.47 Å². The minimum absolute atomic E-state index is 0.381. The fourth-order valence-electron chi connectivity index (χ4n) is 1.75. The molecule has 0 spiro atoms. The number of fused-ring (bicyclic) bond motifs is 1. The normalized spacial score (nSPS) is 11.6. The average molecular weight is 373 g/mol. The van der Waals surface area contributed by atoms with Gasteiger partial charge in [0.1, 0.15) is 11.4 Å². The van der Waals surface area contributed by atoms with Crippen LogP contribution in [0.15, 0.2) is 24.4 Å². The molecule has 0 radical (unpaired) electrons. The number of benzene rings is 1. The van der Waals surface area contributed by atoms with Gasteiger partial charge in [0.05, 0.1) is 12.6 Å². The molecule has 2 aromatic rings. The summed E-state index contributed by atoms with van der Waals surface area (Å²) < 4.78 is 13.1. The Balaban J connectivity index is 2.51. The molecule has 0 atom stereocenters. The van der Waals surface area contributed by atoms with Crippen molar-refractivity contribution in [3.05, 3.63) is 28.0 Å². The Morgan fingerprint density at radius 2 is 2.00 bits per heavy atom. The van der Waals surface area contributed by atoms with Crippen molar-refractivity contribution in [2.24, 2.45) is 0 Å². The molecular weight excluding hydrogens is 357 g/mol. The summed E-state index contributed by atoms with van der Waals surface area (Å²) in [6.45, 7) is 5.55. The van der Waals surface area contributed by atoms with E-state index in [1.165, 1.54) is 4.57 Å². The maximum absolute atomic E-state index is 12.2. The zero-order valence-electron chi connectivity index (χ0n) is 11.4. The van der Waals surface area contributed by atoms with Gasteiger partial charge in [-0.15, -0.1) is 0 Å². The highest BCUT2D eigenvalue weighted by atomic mass is 127. The third-order valence-electron chi connectivity index (χ3n) is 2.55. The first-order chi connectivity index (χ1) is 8.81. The van der Waals surface area contributed by atoms with E-state index in [0.29, 0.717) is 5.75 Å². The third-order valence-corrected chi connectivity index (χ3v) is 3.41. The van der Waals surface area contributed by atoms with E-state index in [-0.39, 0.29) is 6.09 Å². The maximum Gasteiger partial charge on any atom is 0.419 e. The molecule has 0 saturated carbocycles. The number of carbonyl (C=O) groups excluding carboxylic acids is 1. The van der Waals surface area contributed by atoms with Gasteiger partial charge in [0.2, 0.25) is 0 Å². The second-order valence-electron chi connectivity index (χ2n) is 5.21. The molecule has 2 rings (SSSR count). The number of methoxy groups -OCH3 is 1. The Morgan fingerprint density at radius 1 is 1.32 bits per heavy atom. The lowest BCUT2D eigenvalue weighted by Gasteiger charge is -2.19. The van der Waals surface area contributed by atoms with Crippen LogP contribution in [0.1, 0.15) is 20.8 Å². The molecule has 102 valence electrons. The van der Waals surface area contributed by atoms with Crippen LogP contribution in [0, 0.1) is 3.57 Å². The number of ether oxygens (including phenoxy) is 2. The van der Waals surface area contributed by atoms with Crippen molar-refractivity contribution in [2.45, 2.75) is 26.4 Å². The van der Waals surface area contributed by atoms with Crippen molar-refractivity contribution in [3.8, 4) is 5.75 Å². The number of rotatable bonds is 1. The van der Waals surface area contributed by atoms with Crippen LogP contribution in [-0.2, 0) is 4.74 Å². The molecule has 4 nitrogen and oxygen atoms in total. The molecular formula is C14H16INO3. The van der Waals surface area contributed by atoms with Crippen molar-refractivity contribution in [3.63, 3.8) is 0 Å². The van der Waals surface area contributed by atoms with Crippen molar-refractivity contribution in [1.29, 1.82) is 0 Å². The summed E-state index contributed by atoms with van der Waals surface area (Å²) >= 11 is 2.20. The molecule has 0 aliphatic rings. The number of carbonyl (C=O) groups is 1. The van der Waals surface area contributed by atoms with Crippen LogP contribution in [0.25, 0.3) is 10.9 Å². The van der Waals surface area contributed by atoms with Gasteiger partial charge in [0.15, 0.2) is 0 Å². The van der Waals surface area contributed by atoms with E-state index in [4.69, 9.17) is 9.47 Å². The molecule has 0 amide bonds. The first kappa shape index (κ1) is 14.2. The Bertz CT molecular complexity index is 625. The van der Waals surface area contributed by atoms with E-state index in [1.54, 1.807) is 13.3 Å². The summed E-state index contributed by atoms with van der Waals surface area (Å²) in [4.78, 5) is 12.2. The van der Waals surface area contributed by atoms with E-state index >= 15 is 0 Å². The number of halogens is 1. The fourth-order valence-corrected chi connectivity index (χ4v) is 2.49. The van der Waals surface area contributed by atoms with Crippen LogP contribution >= 0.6 is 22.6 Å². The van der Waals surface area contributed by atoms with Crippen LogP contribution < -0.4 is 4.74 Å². The molecule has 1 aromatic heterocycles. The molecule has 19 heavy (non-hydrogen) atoms. The quantitative estimate of drug-likeness (QED) is 0.709. The van der Waals surface area contributed by atoms with Gasteiger partial charge in [-0.05, 0) is 55.5 Å². The predicted molar refractivity (Wildman–Crippen MR) is 82.8 cm³/mol. The second-order valence-corrected chi connectivity index (χ2v) is 6.37. The lowest BCUT2D eigenvalue weighted by Crippen LogP contribution is -2.26. The molecule has 1 aromatic carbocycles. The maximum atomic E-state index is 12.2. The summed E-state index contributed by atoms with van der Waals surface area (Å²) in [6, 6.07) is 5.65. The second kappa shape index (κ2) is 5.03. The largest absolute Gasteiger partial charge is 0.497 e. The Hall–Kier alpha value is -1.24. The van der Waals surface area contributed by atoms with Gasteiger partial charge in [-0.25, -0.2) is 4.79 Å². The monoisotopic (exact) mass is 373 g/mol. The Kier molecular flexibility index (Phi) is 3.75. The fraction of sp³-hybridized carbons (Fsp3) is 0.357. The molecule has 0 aliphatic carbocycles. The van der Waals surface area contributed by atoms with E-state index in [2.05, 4.69) is 22.6 Å². The van der Waals surface area contributed by atoms with Gasteiger partial charge >= 0.3 is 6.09 Å². The van der Waals surface area contributed by atoms with Gasteiger partial charge in [0, 0.05) is 21.2 Å². The number of nitrogens with zero attached hydrogens (tertiary/aromatic N) is 1. The lowest BCUT2D eigenvalue weighted by atomic mass is 10.2. The highest BCUT2D eigenvalue weighted by Gasteiger charge is 2.20. The molecule has 5 heteroatoms. The van der Waals surface area contributed by atoms with E-state index in [0.717, 1.165) is 14.5 Å². The standard InChI is InChI=1S/C14H16INO3/c1-14(2,3)19-13(17)16-8-11(15)10-6-5-9(18-4)7-12(10)16/h5-8H,1-4H3. The average Bonchev–Trinajstić information content (AvgIpc) is 2.64. The topological polar surface area (TPSA) is 40.5 Å². The highest BCUT2D eigenvalue weighted by molar-refractivity contribution is 14.1. The Labute approximate surface area is 125 Å². The highest BCUT2D eigenvalue weighted by Crippen LogP contribution is 2.27. The Morgan fingerprint density at radius 3 is 2.58 bits per heavy atom. The summed E-state index contributed by atoms with van der Waals surface area (Å²) in [6.07, 6.45) is 1.40. The number of hydrogen-bond donors (Lipinski definition) is 0. The van der Waals surface area contributed by atoms with Gasteiger partial charge in [0.25, 0.3) is 0 Å². The van der Waals surface area contributed by atoms with Crippen LogP contribution in [0.4, 0.5) is 4.79 Å². The van der Waals surface area contributed by atoms with E-state index < -0.39 is 5.60 Å². The molecule has 0 N–H and O–H groups in total. The number of aromatic nitrogens is 1. The first-order valence-corrected chi connectivity index (χ1v) is 6.97. The van der Waals surface area contributed by atoms with Crippen LogP contribution in [0.5, 0.6) is 5.75 Å². The first-order valence-electron chi connectivity index (χ1n) is 5.90. The van der Waals surface area contributed by atoms with Gasteiger partial charge in [-0.1, -0.05) is 0 Å². The number of hydrogen-bond acceptors (Lipinski definition) is 3. The molecule has 0 fully saturated rings.